The number of aryl methyl sites for hydroxylation is 1. The lowest BCUT2D eigenvalue weighted by molar-refractivity contribution is 0.0696. The lowest BCUT2D eigenvalue weighted by atomic mass is 10.0. The summed E-state index contributed by atoms with van der Waals surface area (Å²) in [6, 6.07) is 16.3. The molecule has 148 valence electrons. The highest BCUT2D eigenvalue weighted by molar-refractivity contribution is 5.96. The first kappa shape index (κ1) is 21.3. The van der Waals surface area contributed by atoms with Crippen molar-refractivity contribution in [2.45, 2.75) is 13.8 Å². The zero-order valence-corrected chi connectivity index (χ0v) is 16.0. The van der Waals surface area contributed by atoms with Crippen LogP contribution in [0.25, 0.3) is 10.9 Å². The molecule has 2 aromatic carbocycles. The van der Waals surface area contributed by atoms with Gasteiger partial charge in [0.05, 0.1) is 16.6 Å². The van der Waals surface area contributed by atoms with Gasteiger partial charge in [0.15, 0.2) is 0 Å². The Kier molecular flexibility index (Phi) is 7.61. The predicted octanol–water partition coefficient (Wildman–Crippen LogP) is 4.34. The quantitative estimate of drug-likeness (QED) is 0.468. The normalized spacial score (nSPS) is 9.59. The molecule has 0 aliphatic heterocycles. The average molecular weight is 391 g/mol. The summed E-state index contributed by atoms with van der Waals surface area (Å²) in [5.74, 6) is -1.25. The van der Waals surface area contributed by atoms with Crippen LogP contribution in [0.2, 0.25) is 0 Å². The Morgan fingerprint density at radius 2 is 1.41 bits per heavy atom. The largest absolute Gasteiger partial charge is 0.478 e. The summed E-state index contributed by atoms with van der Waals surface area (Å²) < 4.78 is 0. The van der Waals surface area contributed by atoms with Crippen LogP contribution in [0.4, 0.5) is 0 Å². The number of carbonyl (C=O) groups is 2. The number of carboxylic acid groups (broad SMARTS) is 2. The Morgan fingerprint density at radius 3 is 1.90 bits per heavy atom. The van der Waals surface area contributed by atoms with E-state index in [0.717, 1.165) is 11.3 Å². The Balaban J connectivity index is 0.000000165. The van der Waals surface area contributed by atoms with Gasteiger partial charge in [0.2, 0.25) is 0 Å². The second-order valence-corrected chi connectivity index (χ2v) is 5.96. The molecule has 0 saturated carbocycles. The molecule has 0 spiro atoms. The molecular formula is C22H21N3O4. The van der Waals surface area contributed by atoms with E-state index in [1.807, 2.05) is 37.4 Å². The van der Waals surface area contributed by atoms with Crippen LogP contribution >= 0.6 is 0 Å². The number of hydrogen-bond acceptors (Lipinski definition) is 4. The zero-order valence-electron chi connectivity index (χ0n) is 16.0. The second-order valence-electron chi connectivity index (χ2n) is 5.96. The van der Waals surface area contributed by atoms with Crippen molar-refractivity contribution in [2.75, 3.05) is 0 Å². The molecule has 0 bridgehead atoms. The van der Waals surface area contributed by atoms with Crippen molar-refractivity contribution in [1.29, 1.82) is 0 Å². The number of nitrogens with one attached hydrogen (secondary N) is 1. The predicted molar refractivity (Wildman–Crippen MR) is 110 cm³/mol. The Bertz CT molecular complexity index is 995. The van der Waals surface area contributed by atoms with Crippen molar-refractivity contribution >= 4 is 22.8 Å². The van der Waals surface area contributed by atoms with Gasteiger partial charge in [-0.25, -0.2) is 14.6 Å². The number of H-pyrrole nitrogens is 1. The number of aromatic carboxylic acids is 2. The number of nitrogens with zero attached hydrogens (tertiary/aromatic N) is 2. The van der Waals surface area contributed by atoms with E-state index < -0.39 is 11.9 Å². The maximum atomic E-state index is 10.6. The smallest absolute Gasteiger partial charge is 0.335 e. The standard InChI is InChI=1S/C9H7N.C9H8O4.C4H6N2/c1-2-6-9-8(4-1)5-3-7-10-9;1-5-6(8(10)11)3-2-4-7(5)9(12)13;1-4-5-2-3-6-4/h1-7H;2-4H,1H3,(H,10,11)(H,12,13);2-3H,1H3,(H,5,6). The molecule has 4 rings (SSSR count). The summed E-state index contributed by atoms with van der Waals surface area (Å²) in [7, 11) is 0. The highest BCUT2D eigenvalue weighted by Crippen LogP contribution is 2.13. The number of aromatic nitrogens is 3. The number of hydrogen-bond donors (Lipinski definition) is 3. The number of benzene rings is 2. The fourth-order valence-electron chi connectivity index (χ4n) is 2.46. The number of para-hydroxylation sites is 1. The number of aromatic amines is 1. The molecule has 0 atom stereocenters. The van der Waals surface area contributed by atoms with Gasteiger partial charge < -0.3 is 15.2 Å². The van der Waals surface area contributed by atoms with E-state index in [2.05, 4.69) is 27.1 Å². The third-order valence-electron chi connectivity index (χ3n) is 3.94. The molecular weight excluding hydrogens is 370 g/mol. The minimum Gasteiger partial charge on any atom is -0.478 e. The third kappa shape index (κ3) is 6.28. The molecule has 0 radical (unpaired) electrons. The van der Waals surface area contributed by atoms with Crippen LogP contribution in [0.1, 0.15) is 32.1 Å². The minimum atomic E-state index is -1.11. The van der Waals surface area contributed by atoms with Crippen molar-refractivity contribution in [3.05, 3.63) is 95.7 Å². The fraction of sp³-hybridized carbons (Fsp3) is 0.0909. The highest BCUT2D eigenvalue weighted by atomic mass is 16.4. The molecule has 0 aliphatic carbocycles. The second kappa shape index (κ2) is 10.4. The van der Waals surface area contributed by atoms with Gasteiger partial charge in [0.25, 0.3) is 0 Å². The van der Waals surface area contributed by atoms with E-state index in [1.165, 1.54) is 30.5 Å². The van der Waals surface area contributed by atoms with Crippen molar-refractivity contribution in [3.8, 4) is 0 Å². The molecule has 7 heteroatoms. The van der Waals surface area contributed by atoms with Gasteiger partial charge >= 0.3 is 11.9 Å². The summed E-state index contributed by atoms with van der Waals surface area (Å²) >= 11 is 0. The molecule has 29 heavy (non-hydrogen) atoms. The van der Waals surface area contributed by atoms with E-state index in [1.54, 1.807) is 12.4 Å². The lowest BCUT2D eigenvalue weighted by Gasteiger charge is -2.03. The molecule has 3 N–H and O–H groups in total. The molecule has 0 unspecified atom stereocenters. The Morgan fingerprint density at radius 1 is 0.793 bits per heavy atom. The number of carboxylic acids is 2. The maximum Gasteiger partial charge on any atom is 0.335 e. The fourth-order valence-corrected chi connectivity index (χ4v) is 2.46. The molecule has 0 fully saturated rings. The van der Waals surface area contributed by atoms with E-state index in [-0.39, 0.29) is 16.7 Å². The van der Waals surface area contributed by atoms with E-state index >= 15 is 0 Å². The van der Waals surface area contributed by atoms with Crippen LogP contribution in [-0.4, -0.2) is 37.1 Å². The lowest BCUT2D eigenvalue weighted by Crippen LogP contribution is -2.06. The first-order chi connectivity index (χ1) is 13.9. The van der Waals surface area contributed by atoms with Crippen LogP contribution in [-0.2, 0) is 0 Å². The van der Waals surface area contributed by atoms with Gasteiger partial charge in [-0.3, -0.25) is 4.98 Å². The molecule has 4 aromatic rings. The van der Waals surface area contributed by atoms with Gasteiger partial charge in [-0.05, 0) is 43.7 Å². The molecule has 2 heterocycles. The summed E-state index contributed by atoms with van der Waals surface area (Å²) in [4.78, 5) is 32.1. The van der Waals surface area contributed by atoms with Crippen LogP contribution in [0, 0.1) is 13.8 Å². The van der Waals surface area contributed by atoms with Gasteiger partial charge in [-0.2, -0.15) is 0 Å². The molecule has 0 aliphatic rings. The minimum absolute atomic E-state index is 0.0277. The van der Waals surface area contributed by atoms with Crippen molar-refractivity contribution in [2.24, 2.45) is 0 Å². The molecule has 0 saturated heterocycles. The summed E-state index contributed by atoms with van der Waals surface area (Å²) in [5, 5.41) is 18.6. The van der Waals surface area contributed by atoms with Crippen molar-refractivity contribution in [1.82, 2.24) is 15.0 Å². The van der Waals surface area contributed by atoms with Crippen LogP contribution in [0.5, 0.6) is 0 Å². The van der Waals surface area contributed by atoms with Crippen LogP contribution in [0.3, 0.4) is 0 Å². The first-order valence-corrected chi connectivity index (χ1v) is 8.72. The Labute approximate surface area is 167 Å². The third-order valence-corrected chi connectivity index (χ3v) is 3.94. The van der Waals surface area contributed by atoms with Crippen LogP contribution < -0.4 is 0 Å². The molecule has 0 amide bonds. The monoisotopic (exact) mass is 391 g/mol. The van der Waals surface area contributed by atoms with Crippen molar-refractivity contribution in [3.63, 3.8) is 0 Å². The number of imidazole rings is 1. The van der Waals surface area contributed by atoms with E-state index in [0.29, 0.717) is 0 Å². The van der Waals surface area contributed by atoms with Crippen molar-refractivity contribution < 1.29 is 19.8 Å². The number of fused-ring (bicyclic) bond motifs is 1. The van der Waals surface area contributed by atoms with Gasteiger partial charge in [0.1, 0.15) is 5.82 Å². The molecule has 7 nitrogen and oxygen atoms in total. The number of rotatable bonds is 2. The summed E-state index contributed by atoms with van der Waals surface area (Å²) in [5.41, 5.74) is 1.40. The topological polar surface area (TPSA) is 116 Å². The first-order valence-electron chi connectivity index (χ1n) is 8.72. The Hall–Kier alpha value is -4.00. The SMILES string of the molecule is Cc1c(C(=O)O)cccc1C(=O)O.Cc1ncc[nH]1.c1ccc2ncccc2c1. The summed E-state index contributed by atoms with van der Waals surface area (Å²) in [6.07, 6.45) is 5.34. The van der Waals surface area contributed by atoms with Crippen LogP contribution in [0.15, 0.2) is 73.2 Å². The average Bonchev–Trinajstić information content (AvgIpc) is 3.20. The highest BCUT2D eigenvalue weighted by Gasteiger charge is 2.13. The van der Waals surface area contributed by atoms with Gasteiger partial charge in [-0.15, -0.1) is 0 Å². The summed E-state index contributed by atoms with van der Waals surface area (Å²) in [6.45, 7) is 3.40. The zero-order chi connectivity index (χ0) is 21.2. The van der Waals surface area contributed by atoms with E-state index in [9.17, 15) is 9.59 Å². The van der Waals surface area contributed by atoms with E-state index in [4.69, 9.17) is 10.2 Å². The van der Waals surface area contributed by atoms with Gasteiger partial charge in [0, 0.05) is 24.0 Å². The number of pyridine rings is 1. The maximum absolute atomic E-state index is 10.6. The van der Waals surface area contributed by atoms with Gasteiger partial charge in [-0.1, -0.05) is 30.3 Å². The molecule has 2 aromatic heterocycles.